The number of amides is 2. The number of aromatic nitrogens is 3. The van der Waals surface area contributed by atoms with Crippen molar-refractivity contribution >= 4 is 11.8 Å². The Hall–Kier alpha value is -3.52. The van der Waals surface area contributed by atoms with Gasteiger partial charge in [-0.15, -0.1) is 5.10 Å². The van der Waals surface area contributed by atoms with E-state index >= 15 is 0 Å². The highest BCUT2D eigenvalue weighted by atomic mass is 16.5. The van der Waals surface area contributed by atoms with Gasteiger partial charge in [0.05, 0.1) is 18.8 Å². The summed E-state index contributed by atoms with van der Waals surface area (Å²) >= 11 is 0. The average molecular weight is 446 g/mol. The summed E-state index contributed by atoms with van der Waals surface area (Å²) in [7, 11) is 0. The number of hydrogen-bond acceptors (Lipinski definition) is 5. The van der Waals surface area contributed by atoms with Crippen molar-refractivity contribution in [2.75, 3.05) is 26.2 Å². The molecule has 0 saturated carbocycles. The van der Waals surface area contributed by atoms with Crippen molar-refractivity contribution in [3.8, 4) is 0 Å². The number of carbonyl (C=O) groups excluding carboxylic acids is 2. The van der Waals surface area contributed by atoms with Gasteiger partial charge in [0.25, 0.3) is 11.8 Å². The van der Waals surface area contributed by atoms with Gasteiger partial charge in [-0.05, 0) is 31.5 Å². The lowest BCUT2D eigenvalue weighted by Crippen LogP contribution is -2.50. The summed E-state index contributed by atoms with van der Waals surface area (Å²) in [4.78, 5) is 29.5. The molecule has 3 aromatic rings. The SMILES string of the molecule is Cc1ccc(C(=O)N2CCN(C(=O)c3nnn4c3CO[C@H](c3ccc(C)cc3)C4)CC2)cc1. The van der Waals surface area contributed by atoms with E-state index in [2.05, 4.69) is 41.5 Å². The maximum absolute atomic E-state index is 13.2. The fourth-order valence-corrected chi connectivity index (χ4v) is 4.30. The van der Waals surface area contributed by atoms with Crippen LogP contribution in [-0.4, -0.2) is 62.8 Å². The minimum absolute atomic E-state index is 0.00122. The zero-order chi connectivity index (χ0) is 22.9. The van der Waals surface area contributed by atoms with Gasteiger partial charge in [0.1, 0.15) is 6.10 Å². The van der Waals surface area contributed by atoms with Crippen LogP contribution < -0.4 is 0 Å². The van der Waals surface area contributed by atoms with Crippen LogP contribution in [0, 0.1) is 13.8 Å². The number of piperazine rings is 1. The number of carbonyl (C=O) groups is 2. The predicted octanol–water partition coefficient (Wildman–Crippen LogP) is 2.76. The first-order valence-electron chi connectivity index (χ1n) is 11.3. The molecule has 1 aromatic heterocycles. The van der Waals surface area contributed by atoms with E-state index in [0.29, 0.717) is 56.3 Å². The molecule has 0 bridgehead atoms. The molecular formula is C25H27N5O3. The largest absolute Gasteiger partial charge is 0.365 e. The second-order valence-electron chi connectivity index (χ2n) is 8.73. The van der Waals surface area contributed by atoms with Gasteiger partial charge in [-0.25, -0.2) is 4.68 Å². The third-order valence-electron chi connectivity index (χ3n) is 6.40. The fourth-order valence-electron chi connectivity index (χ4n) is 4.30. The second-order valence-corrected chi connectivity index (χ2v) is 8.73. The van der Waals surface area contributed by atoms with E-state index in [1.54, 1.807) is 14.5 Å². The molecule has 2 aliphatic rings. The van der Waals surface area contributed by atoms with Crippen LogP contribution in [0.15, 0.2) is 48.5 Å². The standard InChI is InChI=1S/C25H27N5O3/c1-17-3-7-19(8-4-17)22-15-30-21(16-33-22)23(26-27-30)25(32)29-13-11-28(12-14-29)24(31)20-9-5-18(2)6-10-20/h3-10,22H,11-16H2,1-2H3/t22-/m0/s1. The minimum Gasteiger partial charge on any atom is -0.365 e. The zero-order valence-electron chi connectivity index (χ0n) is 18.9. The van der Waals surface area contributed by atoms with Gasteiger partial charge >= 0.3 is 0 Å². The molecule has 2 aliphatic heterocycles. The topological polar surface area (TPSA) is 80.6 Å². The smallest absolute Gasteiger partial charge is 0.276 e. The predicted molar refractivity (Wildman–Crippen MR) is 122 cm³/mol. The summed E-state index contributed by atoms with van der Waals surface area (Å²) in [6, 6.07) is 15.8. The van der Waals surface area contributed by atoms with Crippen molar-refractivity contribution in [1.29, 1.82) is 0 Å². The second kappa shape index (κ2) is 8.78. The highest BCUT2D eigenvalue weighted by Crippen LogP contribution is 2.27. The average Bonchev–Trinajstić information content (AvgIpc) is 3.27. The van der Waals surface area contributed by atoms with Gasteiger partial charge in [0, 0.05) is 31.7 Å². The Morgan fingerprint density at radius 3 is 2.06 bits per heavy atom. The van der Waals surface area contributed by atoms with Crippen molar-refractivity contribution < 1.29 is 14.3 Å². The Kier molecular flexibility index (Phi) is 5.68. The monoisotopic (exact) mass is 445 g/mol. The summed E-state index contributed by atoms with van der Waals surface area (Å²) in [5.41, 5.74) is 5.13. The third kappa shape index (κ3) is 4.26. The molecule has 8 nitrogen and oxygen atoms in total. The number of ether oxygens (including phenoxy) is 1. The van der Waals surface area contributed by atoms with Crippen molar-refractivity contribution in [1.82, 2.24) is 24.8 Å². The third-order valence-corrected chi connectivity index (χ3v) is 6.40. The molecule has 1 atom stereocenters. The van der Waals surface area contributed by atoms with E-state index < -0.39 is 0 Å². The van der Waals surface area contributed by atoms with E-state index in [4.69, 9.17) is 4.74 Å². The molecule has 0 N–H and O–H groups in total. The molecule has 0 unspecified atom stereocenters. The number of hydrogen-bond donors (Lipinski definition) is 0. The minimum atomic E-state index is -0.156. The molecular weight excluding hydrogens is 418 g/mol. The normalized spacial score (nSPS) is 18.2. The van der Waals surface area contributed by atoms with Crippen molar-refractivity contribution in [2.45, 2.75) is 33.1 Å². The van der Waals surface area contributed by atoms with E-state index in [0.717, 1.165) is 11.1 Å². The number of benzene rings is 2. The molecule has 170 valence electrons. The molecule has 2 amide bonds. The summed E-state index contributed by atoms with van der Waals surface area (Å²) < 4.78 is 7.82. The zero-order valence-corrected chi connectivity index (χ0v) is 18.9. The summed E-state index contributed by atoms with van der Waals surface area (Å²) in [6.07, 6.45) is -0.112. The number of fused-ring (bicyclic) bond motifs is 1. The van der Waals surface area contributed by atoms with Gasteiger partial charge in [-0.1, -0.05) is 52.7 Å². The van der Waals surface area contributed by atoms with Crippen LogP contribution in [0.25, 0.3) is 0 Å². The van der Waals surface area contributed by atoms with Crippen LogP contribution in [0.5, 0.6) is 0 Å². The van der Waals surface area contributed by atoms with Gasteiger partial charge in [0.15, 0.2) is 5.69 Å². The van der Waals surface area contributed by atoms with Crippen LogP contribution in [-0.2, 0) is 17.9 Å². The van der Waals surface area contributed by atoms with Crippen LogP contribution in [0.3, 0.4) is 0 Å². The molecule has 8 heteroatoms. The van der Waals surface area contributed by atoms with Crippen LogP contribution in [0.4, 0.5) is 0 Å². The first kappa shape index (κ1) is 21.3. The lowest BCUT2D eigenvalue weighted by molar-refractivity contribution is -0.00203. The van der Waals surface area contributed by atoms with Gasteiger partial charge < -0.3 is 14.5 Å². The first-order chi connectivity index (χ1) is 16.0. The summed E-state index contributed by atoms with van der Waals surface area (Å²) in [5, 5.41) is 8.42. The van der Waals surface area contributed by atoms with E-state index in [1.165, 1.54) is 5.56 Å². The summed E-state index contributed by atoms with van der Waals surface area (Å²) in [6.45, 7) is 6.79. The Labute approximate surface area is 192 Å². The van der Waals surface area contributed by atoms with E-state index in [1.807, 2.05) is 31.2 Å². The summed E-state index contributed by atoms with van der Waals surface area (Å²) in [5.74, 6) is -0.158. The molecule has 1 fully saturated rings. The lowest BCUT2D eigenvalue weighted by Gasteiger charge is -2.34. The number of aryl methyl sites for hydroxylation is 2. The van der Waals surface area contributed by atoms with Crippen LogP contribution in [0.1, 0.15) is 49.3 Å². The van der Waals surface area contributed by atoms with Crippen LogP contribution >= 0.6 is 0 Å². The maximum Gasteiger partial charge on any atom is 0.276 e. The Morgan fingerprint density at radius 1 is 0.848 bits per heavy atom. The van der Waals surface area contributed by atoms with Gasteiger partial charge in [-0.2, -0.15) is 0 Å². The quantitative estimate of drug-likeness (QED) is 0.619. The van der Waals surface area contributed by atoms with Crippen LogP contribution in [0.2, 0.25) is 0 Å². The maximum atomic E-state index is 13.2. The lowest BCUT2D eigenvalue weighted by atomic mass is 10.1. The molecule has 0 spiro atoms. The van der Waals surface area contributed by atoms with Gasteiger partial charge in [0.2, 0.25) is 0 Å². The molecule has 3 heterocycles. The Bertz CT molecular complexity index is 1160. The van der Waals surface area contributed by atoms with E-state index in [-0.39, 0.29) is 17.9 Å². The highest BCUT2D eigenvalue weighted by Gasteiger charge is 2.32. The number of rotatable bonds is 3. The molecule has 5 rings (SSSR count). The van der Waals surface area contributed by atoms with Crippen molar-refractivity contribution in [2.24, 2.45) is 0 Å². The Morgan fingerprint density at radius 2 is 1.42 bits per heavy atom. The van der Waals surface area contributed by atoms with E-state index in [9.17, 15) is 9.59 Å². The molecule has 0 radical (unpaired) electrons. The number of nitrogens with zero attached hydrogens (tertiary/aromatic N) is 5. The highest BCUT2D eigenvalue weighted by molar-refractivity contribution is 5.95. The fraction of sp³-hybridized carbons (Fsp3) is 0.360. The molecule has 0 aliphatic carbocycles. The van der Waals surface area contributed by atoms with Crippen molar-refractivity contribution in [3.63, 3.8) is 0 Å². The Balaban J connectivity index is 1.22. The van der Waals surface area contributed by atoms with Crippen molar-refractivity contribution in [3.05, 3.63) is 82.2 Å². The van der Waals surface area contributed by atoms with Gasteiger partial charge in [-0.3, -0.25) is 9.59 Å². The molecule has 2 aromatic carbocycles. The molecule has 33 heavy (non-hydrogen) atoms. The first-order valence-corrected chi connectivity index (χ1v) is 11.3. The molecule has 1 saturated heterocycles.